The van der Waals surface area contributed by atoms with Crippen LogP contribution in [0.1, 0.15) is 46.0 Å². The van der Waals surface area contributed by atoms with Crippen molar-refractivity contribution in [3.8, 4) is 0 Å². The molecule has 1 saturated carbocycles. The lowest BCUT2D eigenvalue weighted by molar-refractivity contribution is 0.171. The molecule has 0 amide bonds. The molecule has 19 heavy (non-hydrogen) atoms. The van der Waals surface area contributed by atoms with Crippen LogP contribution in [0.25, 0.3) is 0 Å². The molecule has 0 aromatic carbocycles. The summed E-state index contributed by atoms with van der Waals surface area (Å²) in [5, 5.41) is 6.97. The Morgan fingerprint density at radius 1 is 1.21 bits per heavy atom. The minimum absolute atomic E-state index is 0.364. The summed E-state index contributed by atoms with van der Waals surface area (Å²) in [7, 11) is 4.22. The van der Waals surface area contributed by atoms with Crippen LogP contribution in [-0.4, -0.2) is 50.3 Å². The highest BCUT2D eigenvalue weighted by Gasteiger charge is 2.24. The van der Waals surface area contributed by atoms with Gasteiger partial charge < -0.3 is 11.1 Å². The van der Waals surface area contributed by atoms with E-state index in [1.54, 1.807) is 0 Å². The predicted molar refractivity (Wildman–Crippen MR) is 83.2 cm³/mol. The first-order valence-electron chi connectivity index (χ1n) is 7.91. The molecule has 0 radical (unpaired) electrons. The van der Waals surface area contributed by atoms with Crippen molar-refractivity contribution in [2.24, 2.45) is 11.7 Å². The van der Waals surface area contributed by atoms with Crippen molar-refractivity contribution in [3.05, 3.63) is 0 Å². The van der Waals surface area contributed by atoms with Crippen molar-refractivity contribution >= 4 is 0 Å². The third-order valence-electron chi connectivity index (χ3n) is 4.59. The largest absolute Gasteiger partial charge is 0.328 e. The Hall–Kier alpha value is -0.160. The summed E-state index contributed by atoms with van der Waals surface area (Å²) in [6, 6.07) is 1.04. The average molecular weight is 270 g/mol. The van der Waals surface area contributed by atoms with Crippen LogP contribution >= 0.6 is 0 Å². The average Bonchev–Trinajstić information content (AvgIpc) is 2.39. The van der Waals surface area contributed by atoms with Crippen LogP contribution in [-0.2, 0) is 0 Å². The maximum atomic E-state index is 6.00. The number of nitrogens with one attached hydrogen (secondary N) is 2. The van der Waals surface area contributed by atoms with Crippen molar-refractivity contribution in [2.75, 3.05) is 27.2 Å². The van der Waals surface area contributed by atoms with Crippen LogP contribution in [0.15, 0.2) is 0 Å². The summed E-state index contributed by atoms with van der Waals surface area (Å²) in [6.45, 7) is 6.66. The molecule has 1 aliphatic carbocycles. The molecule has 0 aromatic heterocycles. The summed E-state index contributed by atoms with van der Waals surface area (Å²) >= 11 is 0. The first-order valence-corrected chi connectivity index (χ1v) is 7.91. The van der Waals surface area contributed by atoms with Gasteiger partial charge in [-0.3, -0.25) is 10.2 Å². The maximum absolute atomic E-state index is 6.00. The zero-order valence-electron chi connectivity index (χ0n) is 13.3. The maximum Gasteiger partial charge on any atom is 0.0567 e. The molecule has 0 bridgehead atoms. The van der Waals surface area contributed by atoms with Gasteiger partial charge in [0, 0.05) is 18.6 Å². The van der Waals surface area contributed by atoms with Gasteiger partial charge >= 0.3 is 0 Å². The molecular weight excluding hydrogens is 236 g/mol. The van der Waals surface area contributed by atoms with Crippen molar-refractivity contribution < 1.29 is 0 Å². The number of rotatable bonds is 8. The third kappa shape index (κ3) is 6.21. The Labute approximate surface area is 119 Å². The van der Waals surface area contributed by atoms with E-state index in [1.807, 2.05) is 7.05 Å². The molecule has 0 saturated heterocycles. The quantitative estimate of drug-likeness (QED) is 0.461. The van der Waals surface area contributed by atoms with Gasteiger partial charge in [0.05, 0.1) is 6.17 Å². The van der Waals surface area contributed by atoms with Gasteiger partial charge in [-0.1, -0.05) is 0 Å². The highest BCUT2D eigenvalue weighted by Crippen LogP contribution is 2.26. The number of nitrogens with two attached hydrogens (primary N) is 1. The van der Waals surface area contributed by atoms with Gasteiger partial charge in [0.2, 0.25) is 0 Å². The van der Waals surface area contributed by atoms with Crippen molar-refractivity contribution in [3.63, 3.8) is 0 Å². The van der Waals surface area contributed by atoms with E-state index < -0.39 is 0 Å². The fourth-order valence-electron chi connectivity index (χ4n) is 2.98. The predicted octanol–water partition coefficient (Wildman–Crippen LogP) is 1.37. The van der Waals surface area contributed by atoms with Gasteiger partial charge in [-0.25, -0.2) is 0 Å². The second-order valence-electron chi connectivity index (χ2n) is 6.25. The smallest absolute Gasteiger partial charge is 0.0567 e. The number of nitrogens with zero attached hydrogens (tertiary/aromatic N) is 1. The standard InChI is InChI=1S/C15H34N4/c1-12(16)14-6-8-15(9-7-14)18-13(2)19(4)11-5-10-17-3/h12-15,17-18H,5-11,16H2,1-4H3. The molecule has 2 unspecified atom stereocenters. The van der Waals surface area contributed by atoms with Crippen LogP contribution in [0.5, 0.6) is 0 Å². The summed E-state index contributed by atoms with van der Waals surface area (Å²) < 4.78 is 0. The van der Waals surface area contributed by atoms with E-state index >= 15 is 0 Å². The minimum Gasteiger partial charge on any atom is -0.328 e. The molecule has 4 N–H and O–H groups in total. The van der Waals surface area contributed by atoms with E-state index in [-0.39, 0.29) is 0 Å². The van der Waals surface area contributed by atoms with E-state index in [9.17, 15) is 0 Å². The van der Waals surface area contributed by atoms with Gasteiger partial charge in [0.15, 0.2) is 0 Å². The molecule has 1 rings (SSSR count). The Bertz CT molecular complexity index is 224. The summed E-state index contributed by atoms with van der Waals surface area (Å²) in [6.07, 6.45) is 6.80. The molecule has 4 nitrogen and oxygen atoms in total. The van der Waals surface area contributed by atoms with Crippen LogP contribution in [0.2, 0.25) is 0 Å². The first-order chi connectivity index (χ1) is 9.04. The number of hydrogen-bond acceptors (Lipinski definition) is 4. The van der Waals surface area contributed by atoms with Crippen molar-refractivity contribution in [2.45, 2.75) is 64.2 Å². The van der Waals surface area contributed by atoms with Crippen molar-refractivity contribution in [1.82, 2.24) is 15.5 Å². The third-order valence-corrected chi connectivity index (χ3v) is 4.59. The van der Waals surface area contributed by atoms with Gasteiger partial charge in [0.25, 0.3) is 0 Å². The number of hydrogen-bond donors (Lipinski definition) is 3. The SMILES string of the molecule is CNCCCN(C)C(C)NC1CCC(C(C)N)CC1. The molecular formula is C15H34N4. The monoisotopic (exact) mass is 270 g/mol. The topological polar surface area (TPSA) is 53.3 Å². The molecule has 0 aliphatic heterocycles. The molecule has 0 spiro atoms. The Morgan fingerprint density at radius 2 is 1.84 bits per heavy atom. The molecule has 0 aromatic rings. The second kappa shape index (κ2) is 8.90. The Kier molecular flexibility index (Phi) is 7.91. The summed E-state index contributed by atoms with van der Waals surface area (Å²) in [5.41, 5.74) is 6.00. The van der Waals surface area contributed by atoms with E-state index in [0.29, 0.717) is 18.2 Å². The van der Waals surface area contributed by atoms with Gasteiger partial charge in [-0.15, -0.1) is 0 Å². The molecule has 0 heterocycles. The lowest BCUT2D eigenvalue weighted by Crippen LogP contribution is -2.48. The van der Waals surface area contributed by atoms with E-state index in [0.717, 1.165) is 19.0 Å². The van der Waals surface area contributed by atoms with E-state index in [2.05, 4.69) is 36.4 Å². The summed E-state index contributed by atoms with van der Waals surface area (Å²) in [4.78, 5) is 2.41. The molecule has 4 heteroatoms. The molecule has 1 aliphatic rings. The fraction of sp³-hybridized carbons (Fsp3) is 1.00. The van der Waals surface area contributed by atoms with Gasteiger partial charge in [0.1, 0.15) is 0 Å². The Balaban J connectivity index is 2.20. The highest BCUT2D eigenvalue weighted by atomic mass is 15.2. The first kappa shape index (κ1) is 16.9. The normalized spacial score (nSPS) is 27.5. The second-order valence-corrected chi connectivity index (χ2v) is 6.25. The minimum atomic E-state index is 0.364. The fourth-order valence-corrected chi connectivity index (χ4v) is 2.98. The van der Waals surface area contributed by atoms with Crippen LogP contribution < -0.4 is 16.4 Å². The molecule has 114 valence electrons. The highest BCUT2D eigenvalue weighted by molar-refractivity contribution is 4.82. The van der Waals surface area contributed by atoms with Gasteiger partial charge in [-0.2, -0.15) is 0 Å². The lowest BCUT2D eigenvalue weighted by atomic mass is 9.82. The van der Waals surface area contributed by atoms with Crippen LogP contribution in [0.3, 0.4) is 0 Å². The van der Waals surface area contributed by atoms with E-state index in [4.69, 9.17) is 5.73 Å². The van der Waals surface area contributed by atoms with Gasteiger partial charge in [-0.05, 0) is 72.5 Å². The Morgan fingerprint density at radius 3 is 2.37 bits per heavy atom. The van der Waals surface area contributed by atoms with E-state index in [1.165, 1.54) is 32.1 Å². The lowest BCUT2D eigenvalue weighted by Gasteiger charge is -2.35. The molecule has 2 atom stereocenters. The molecule has 1 fully saturated rings. The van der Waals surface area contributed by atoms with Crippen molar-refractivity contribution in [1.29, 1.82) is 0 Å². The summed E-state index contributed by atoms with van der Waals surface area (Å²) in [5.74, 6) is 0.738. The van der Waals surface area contributed by atoms with Crippen LogP contribution in [0.4, 0.5) is 0 Å². The van der Waals surface area contributed by atoms with Crippen LogP contribution in [0, 0.1) is 5.92 Å². The zero-order chi connectivity index (χ0) is 14.3. The zero-order valence-corrected chi connectivity index (χ0v) is 13.3.